The SMILES string of the molecule is CC(=O)N(CCC(=O)NC1CCCCCC1)c1c(C)cccc1C(C)C. The van der Waals surface area contributed by atoms with Crippen molar-refractivity contribution in [1.82, 2.24) is 5.32 Å². The fourth-order valence-corrected chi connectivity index (χ4v) is 3.88. The zero-order valence-corrected chi connectivity index (χ0v) is 16.8. The number of hydrogen-bond acceptors (Lipinski definition) is 2. The zero-order chi connectivity index (χ0) is 19.1. The third kappa shape index (κ3) is 5.58. The molecule has 1 fully saturated rings. The Morgan fingerprint density at radius 2 is 1.81 bits per heavy atom. The largest absolute Gasteiger partial charge is 0.353 e. The molecule has 1 N–H and O–H groups in total. The number of hydrogen-bond donors (Lipinski definition) is 1. The highest BCUT2D eigenvalue weighted by Crippen LogP contribution is 2.31. The number of nitrogens with zero attached hydrogens (tertiary/aromatic N) is 1. The summed E-state index contributed by atoms with van der Waals surface area (Å²) >= 11 is 0. The number of benzene rings is 1. The van der Waals surface area contributed by atoms with E-state index in [0.29, 0.717) is 24.9 Å². The maximum absolute atomic E-state index is 12.4. The number of carbonyl (C=O) groups excluding carboxylic acids is 2. The van der Waals surface area contributed by atoms with Gasteiger partial charge in [0.25, 0.3) is 0 Å². The lowest BCUT2D eigenvalue weighted by Gasteiger charge is -2.27. The molecular formula is C22H34N2O2. The highest BCUT2D eigenvalue weighted by Gasteiger charge is 2.21. The lowest BCUT2D eigenvalue weighted by molar-refractivity contribution is -0.121. The van der Waals surface area contributed by atoms with Crippen molar-refractivity contribution in [2.75, 3.05) is 11.4 Å². The van der Waals surface area contributed by atoms with E-state index in [1.165, 1.54) is 25.7 Å². The molecule has 1 aliphatic carbocycles. The van der Waals surface area contributed by atoms with Gasteiger partial charge in [-0.2, -0.15) is 0 Å². The van der Waals surface area contributed by atoms with E-state index in [1.54, 1.807) is 11.8 Å². The van der Waals surface area contributed by atoms with Crippen LogP contribution in [0.5, 0.6) is 0 Å². The van der Waals surface area contributed by atoms with Gasteiger partial charge in [0.1, 0.15) is 0 Å². The fraction of sp³-hybridized carbons (Fsp3) is 0.636. The molecule has 0 radical (unpaired) electrons. The summed E-state index contributed by atoms with van der Waals surface area (Å²) in [6.07, 6.45) is 7.46. The average molecular weight is 359 g/mol. The molecule has 26 heavy (non-hydrogen) atoms. The van der Waals surface area contributed by atoms with Crippen molar-refractivity contribution >= 4 is 17.5 Å². The summed E-state index contributed by atoms with van der Waals surface area (Å²) in [5.41, 5.74) is 3.21. The smallest absolute Gasteiger partial charge is 0.223 e. The van der Waals surface area contributed by atoms with Crippen LogP contribution in [0.3, 0.4) is 0 Å². The molecule has 0 unspecified atom stereocenters. The standard InChI is InChI=1S/C22H34N2O2/c1-16(2)20-13-9-10-17(3)22(20)24(18(4)25)15-14-21(26)23-19-11-7-5-6-8-12-19/h9-10,13,16,19H,5-8,11-12,14-15H2,1-4H3,(H,23,26). The van der Waals surface area contributed by atoms with Crippen LogP contribution in [0.2, 0.25) is 0 Å². The van der Waals surface area contributed by atoms with Gasteiger partial charge in [-0.3, -0.25) is 9.59 Å². The van der Waals surface area contributed by atoms with E-state index in [9.17, 15) is 9.59 Å². The molecule has 0 heterocycles. The lowest BCUT2D eigenvalue weighted by Crippen LogP contribution is -2.38. The summed E-state index contributed by atoms with van der Waals surface area (Å²) in [7, 11) is 0. The number of aryl methyl sites for hydroxylation is 1. The van der Waals surface area contributed by atoms with Crippen LogP contribution in [-0.4, -0.2) is 24.4 Å². The Balaban J connectivity index is 2.05. The van der Waals surface area contributed by atoms with E-state index in [2.05, 4.69) is 25.2 Å². The van der Waals surface area contributed by atoms with Crippen LogP contribution in [0.4, 0.5) is 5.69 Å². The molecule has 2 amide bonds. The highest BCUT2D eigenvalue weighted by atomic mass is 16.2. The van der Waals surface area contributed by atoms with Crippen LogP contribution in [-0.2, 0) is 9.59 Å². The van der Waals surface area contributed by atoms with E-state index in [4.69, 9.17) is 0 Å². The third-order valence-electron chi connectivity index (χ3n) is 5.32. The predicted octanol–water partition coefficient (Wildman–Crippen LogP) is 4.70. The topological polar surface area (TPSA) is 49.4 Å². The number of nitrogens with one attached hydrogen (secondary N) is 1. The molecule has 2 rings (SSSR count). The molecule has 1 aromatic carbocycles. The summed E-state index contributed by atoms with van der Waals surface area (Å²) in [6.45, 7) is 8.31. The van der Waals surface area contributed by atoms with Crippen molar-refractivity contribution in [3.05, 3.63) is 29.3 Å². The van der Waals surface area contributed by atoms with Gasteiger partial charge >= 0.3 is 0 Å². The molecule has 144 valence electrons. The molecule has 4 nitrogen and oxygen atoms in total. The summed E-state index contributed by atoms with van der Waals surface area (Å²) < 4.78 is 0. The monoisotopic (exact) mass is 358 g/mol. The minimum atomic E-state index is -0.0107. The van der Waals surface area contributed by atoms with E-state index in [0.717, 1.165) is 29.7 Å². The molecule has 0 aromatic heterocycles. The van der Waals surface area contributed by atoms with Gasteiger partial charge < -0.3 is 10.2 Å². The molecule has 0 aliphatic heterocycles. The first-order valence-electron chi connectivity index (χ1n) is 10.1. The summed E-state index contributed by atoms with van der Waals surface area (Å²) in [6, 6.07) is 6.45. The average Bonchev–Trinajstić information content (AvgIpc) is 2.84. The molecular weight excluding hydrogens is 324 g/mol. The molecule has 4 heteroatoms. The number of rotatable bonds is 6. The highest BCUT2D eigenvalue weighted by molar-refractivity contribution is 5.94. The summed E-state index contributed by atoms with van der Waals surface area (Å²) in [4.78, 5) is 26.5. The number of amides is 2. The van der Waals surface area contributed by atoms with Gasteiger partial charge in [-0.15, -0.1) is 0 Å². The minimum Gasteiger partial charge on any atom is -0.353 e. The van der Waals surface area contributed by atoms with Gasteiger partial charge in [-0.25, -0.2) is 0 Å². The van der Waals surface area contributed by atoms with E-state index in [1.807, 2.05) is 19.1 Å². The second-order valence-corrected chi connectivity index (χ2v) is 7.84. The van der Waals surface area contributed by atoms with E-state index < -0.39 is 0 Å². The first-order valence-corrected chi connectivity index (χ1v) is 10.1. The summed E-state index contributed by atoms with van der Waals surface area (Å²) in [5.74, 6) is 0.373. The Morgan fingerprint density at radius 3 is 2.38 bits per heavy atom. The third-order valence-corrected chi connectivity index (χ3v) is 5.32. The first kappa shape index (κ1) is 20.5. The van der Waals surface area contributed by atoms with Crippen LogP contribution in [0.15, 0.2) is 18.2 Å². The Hall–Kier alpha value is -1.84. The maximum atomic E-state index is 12.4. The Labute approximate surface area is 158 Å². The van der Waals surface area contributed by atoms with Gasteiger partial charge in [0, 0.05) is 31.6 Å². The summed E-state index contributed by atoms with van der Waals surface area (Å²) in [5, 5.41) is 3.18. The van der Waals surface area contributed by atoms with Crippen molar-refractivity contribution in [2.45, 2.75) is 84.6 Å². The molecule has 0 bridgehead atoms. The van der Waals surface area contributed by atoms with Gasteiger partial charge in [0.05, 0.1) is 0 Å². The molecule has 0 saturated heterocycles. The molecule has 1 aromatic rings. The van der Waals surface area contributed by atoms with Crippen LogP contribution >= 0.6 is 0 Å². The van der Waals surface area contributed by atoms with Gasteiger partial charge in [-0.1, -0.05) is 57.7 Å². The zero-order valence-electron chi connectivity index (χ0n) is 16.8. The molecule has 1 aliphatic rings. The van der Waals surface area contributed by atoms with Crippen molar-refractivity contribution in [3.63, 3.8) is 0 Å². The van der Waals surface area contributed by atoms with Gasteiger partial charge in [0.2, 0.25) is 11.8 Å². The van der Waals surface area contributed by atoms with Crippen molar-refractivity contribution in [1.29, 1.82) is 0 Å². The van der Waals surface area contributed by atoms with Crippen LogP contribution < -0.4 is 10.2 Å². The lowest BCUT2D eigenvalue weighted by atomic mass is 9.97. The fourth-order valence-electron chi connectivity index (χ4n) is 3.88. The minimum absolute atomic E-state index is 0.0107. The normalized spacial score (nSPS) is 15.6. The molecule has 0 spiro atoms. The van der Waals surface area contributed by atoms with Crippen molar-refractivity contribution in [2.24, 2.45) is 0 Å². The number of para-hydroxylation sites is 1. The van der Waals surface area contributed by atoms with Crippen LogP contribution in [0.1, 0.15) is 82.8 Å². The van der Waals surface area contributed by atoms with Gasteiger partial charge in [-0.05, 0) is 36.8 Å². The number of anilines is 1. The second kappa shape index (κ2) is 9.75. The second-order valence-electron chi connectivity index (χ2n) is 7.84. The van der Waals surface area contributed by atoms with Crippen LogP contribution in [0.25, 0.3) is 0 Å². The van der Waals surface area contributed by atoms with Gasteiger partial charge in [0.15, 0.2) is 0 Å². The molecule has 1 saturated carbocycles. The van der Waals surface area contributed by atoms with Crippen molar-refractivity contribution < 1.29 is 9.59 Å². The predicted molar refractivity (Wildman–Crippen MR) is 108 cm³/mol. The Morgan fingerprint density at radius 1 is 1.15 bits per heavy atom. The van der Waals surface area contributed by atoms with Crippen molar-refractivity contribution in [3.8, 4) is 0 Å². The van der Waals surface area contributed by atoms with E-state index in [-0.39, 0.29) is 11.8 Å². The van der Waals surface area contributed by atoms with E-state index >= 15 is 0 Å². The Bertz CT molecular complexity index is 617. The first-order chi connectivity index (χ1) is 12.4. The molecule has 0 atom stereocenters. The maximum Gasteiger partial charge on any atom is 0.223 e. The quantitative estimate of drug-likeness (QED) is 0.749. The number of carbonyl (C=O) groups is 2. The van der Waals surface area contributed by atoms with Crippen LogP contribution in [0, 0.1) is 6.92 Å². The Kier molecular flexibility index (Phi) is 7.67.